The second-order valence-corrected chi connectivity index (χ2v) is 7.01. The molecule has 2 rings (SSSR count). The lowest BCUT2D eigenvalue weighted by Gasteiger charge is -2.15. The molecule has 122 valence electrons. The Hall–Kier alpha value is -2.14. The van der Waals surface area contributed by atoms with Gasteiger partial charge in [-0.25, -0.2) is 0 Å². The lowest BCUT2D eigenvalue weighted by Crippen LogP contribution is -2.36. The Morgan fingerprint density at radius 1 is 1.22 bits per heavy atom. The lowest BCUT2D eigenvalue weighted by atomic mass is 10.1. The maximum atomic E-state index is 12.4. The van der Waals surface area contributed by atoms with Crippen molar-refractivity contribution >= 4 is 16.7 Å². The van der Waals surface area contributed by atoms with Crippen LogP contribution in [0.5, 0.6) is 11.5 Å². The summed E-state index contributed by atoms with van der Waals surface area (Å²) >= 11 is 0. The Bertz CT molecular complexity index is 715. The number of hydrogen-bond acceptors (Lipinski definition) is 3. The molecule has 23 heavy (non-hydrogen) atoms. The highest BCUT2D eigenvalue weighted by Crippen LogP contribution is 2.25. The van der Waals surface area contributed by atoms with Crippen LogP contribution in [0.2, 0.25) is 0 Å². The molecule has 2 atom stereocenters. The molecule has 1 amide bonds. The first kappa shape index (κ1) is 17.2. The van der Waals surface area contributed by atoms with Gasteiger partial charge in [0.05, 0.1) is 5.56 Å². The summed E-state index contributed by atoms with van der Waals surface area (Å²) in [7, 11) is -0.954. The molecule has 0 saturated carbocycles. The van der Waals surface area contributed by atoms with Gasteiger partial charge >= 0.3 is 0 Å². The van der Waals surface area contributed by atoms with Gasteiger partial charge in [0.2, 0.25) is 0 Å². The van der Waals surface area contributed by atoms with Gasteiger partial charge in [-0.15, -0.1) is 0 Å². The molecular formula is C18H21NO3S. The lowest BCUT2D eigenvalue weighted by molar-refractivity contribution is 0.0941. The molecular weight excluding hydrogens is 310 g/mol. The molecule has 0 aliphatic carbocycles. The molecule has 0 radical (unpaired) electrons. The van der Waals surface area contributed by atoms with E-state index in [1.807, 2.05) is 44.2 Å². The molecule has 0 unspecified atom stereocenters. The molecule has 0 aliphatic rings. The number of rotatable bonds is 6. The fraction of sp³-hybridized carbons (Fsp3) is 0.278. The van der Waals surface area contributed by atoms with Crippen LogP contribution in [-0.2, 0) is 10.8 Å². The molecule has 0 aliphatic heterocycles. The summed E-state index contributed by atoms with van der Waals surface area (Å²) in [5, 5.41) is 2.85. The summed E-state index contributed by atoms with van der Waals surface area (Å²) < 4.78 is 17.1. The van der Waals surface area contributed by atoms with Crippen LogP contribution in [-0.4, -0.2) is 28.2 Å². The molecule has 2 aromatic carbocycles. The quantitative estimate of drug-likeness (QED) is 0.884. The van der Waals surface area contributed by atoms with Crippen LogP contribution in [0.4, 0.5) is 0 Å². The normalized spacial score (nSPS) is 13.2. The third-order valence-corrected chi connectivity index (χ3v) is 4.18. The zero-order valence-electron chi connectivity index (χ0n) is 13.5. The Kier molecular flexibility index (Phi) is 5.93. The topological polar surface area (TPSA) is 55.4 Å². The summed E-state index contributed by atoms with van der Waals surface area (Å²) in [6.45, 7) is 3.82. The highest BCUT2D eigenvalue weighted by molar-refractivity contribution is 7.84. The number of carbonyl (C=O) groups excluding carboxylic acids is 1. The van der Waals surface area contributed by atoms with Crippen LogP contribution in [0.15, 0.2) is 48.5 Å². The minimum Gasteiger partial charge on any atom is -0.457 e. The van der Waals surface area contributed by atoms with E-state index < -0.39 is 10.8 Å². The fourth-order valence-electron chi connectivity index (χ4n) is 2.24. The van der Waals surface area contributed by atoms with E-state index in [0.29, 0.717) is 22.8 Å². The Labute approximate surface area is 139 Å². The van der Waals surface area contributed by atoms with Crippen molar-refractivity contribution in [2.45, 2.75) is 19.9 Å². The van der Waals surface area contributed by atoms with Crippen molar-refractivity contribution < 1.29 is 13.7 Å². The average molecular weight is 331 g/mol. The van der Waals surface area contributed by atoms with E-state index >= 15 is 0 Å². The van der Waals surface area contributed by atoms with E-state index in [0.717, 1.165) is 5.56 Å². The molecule has 2 aromatic rings. The van der Waals surface area contributed by atoms with Gasteiger partial charge in [-0.2, -0.15) is 0 Å². The van der Waals surface area contributed by atoms with Crippen molar-refractivity contribution in [1.29, 1.82) is 0 Å². The van der Waals surface area contributed by atoms with E-state index in [9.17, 15) is 9.00 Å². The number of benzene rings is 2. The highest BCUT2D eigenvalue weighted by Gasteiger charge is 2.15. The molecule has 1 N–H and O–H groups in total. The summed E-state index contributed by atoms with van der Waals surface area (Å²) in [4.78, 5) is 12.4. The van der Waals surface area contributed by atoms with Crippen molar-refractivity contribution in [3.05, 3.63) is 59.7 Å². The first-order valence-electron chi connectivity index (χ1n) is 7.40. The van der Waals surface area contributed by atoms with E-state index in [4.69, 9.17) is 4.74 Å². The van der Waals surface area contributed by atoms with Gasteiger partial charge in [-0.1, -0.05) is 24.3 Å². The average Bonchev–Trinajstić information content (AvgIpc) is 2.46. The maximum Gasteiger partial charge on any atom is 0.255 e. The first-order chi connectivity index (χ1) is 11.0. The number of para-hydroxylation sites is 1. The zero-order chi connectivity index (χ0) is 16.8. The van der Waals surface area contributed by atoms with Crippen LogP contribution in [0.25, 0.3) is 0 Å². The second kappa shape index (κ2) is 7.92. The van der Waals surface area contributed by atoms with Gasteiger partial charge in [0, 0.05) is 28.9 Å². The number of nitrogens with one attached hydrogen (secondary N) is 1. The van der Waals surface area contributed by atoms with Crippen molar-refractivity contribution in [3.63, 3.8) is 0 Å². The van der Waals surface area contributed by atoms with E-state index in [2.05, 4.69) is 5.32 Å². The Morgan fingerprint density at radius 3 is 2.65 bits per heavy atom. The zero-order valence-corrected chi connectivity index (χ0v) is 14.4. The van der Waals surface area contributed by atoms with Crippen molar-refractivity contribution in [2.24, 2.45) is 0 Å². The highest BCUT2D eigenvalue weighted by atomic mass is 32.2. The van der Waals surface area contributed by atoms with Gasteiger partial charge in [-0.05, 0) is 43.7 Å². The molecule has 0 aromatic heterocycles. The van der Waals surface area contributed by atoms with Crippen molar-refractivity contribution in [3.8, 4) is 11.5 Å². The van der Waals surface area contributed by atoms with Crippen LogP contribution >= 0.6 is 0 Å². The van der Waals surface area contributed by atoms with Crippen molar-refractivity contribution in [1.82, 2.24) is 5.32 Å². The second-order valence-electron chi connectivity index (χ2n) is 5.53. The van der Waals surface area contributed by atoms with Gasteiger partial charge < -0.3 is 10.1 Å². The molecule has 4 nitrogen and oxygen atoms in total. The molecule has 0 saturated heterocycles. The van der Waals surface area contributed by atoms with Crippen LogP contribution in [0.3, 0.4) is 0 Å². The summed E-state index contributed by atoms with van der Waals surface area (Å²) in [5.74, 6) is 1.38. The van der Waals surface area contributed by atoms with E-state index in [1.54, 1.807) is 24.5 Å². The minimum absolute atomic E-state index is 0.166. The predicted octanol–water partition coefficient (Wildman–Crippen LogP) is 3.28. The van der Waals surface area contributed by atoms with E-state index in [-0.39, 0.29) is 11.9 Å². The van der Waals surface area contributed by atoms with Gasteiger partial charge in [-0.3, -0.25) is 9.00 Å². The SMILES string of the molecule is Cc1cccc(Oc2ccccc2C(=O)N[C@@H](C)C[S@](C)=O)c1. The Balaban J connectivity index is 2.16. The third-order valence-electron chi connectivity index (χ3n) is 3.21. The summed E-state index contributed by atoms with van der Waals surface area (Å²) in [5.41, 5.74) is 1.55. The van der Waals surface area contributed by atoms with Crippen molar-refractivity contribution in [2.75, 3.05) is 12.0 Å². The van der Waals surface area contributed by atoms with Gasteiger partial charge in [0.1, 0.15) is 11.5 Å². The van der Waals surface area contributed by atoms with Gasteiger partial charge in [0.25, 0.3) is 5.91 Å². The first-order valence-corrected chi connectivity index (χ1v) is 9.13. The number of carbonyl (C=O) groups is 1. The largest absolute Gasteiger partial charge is 0.457 e. The maximum absolute atomic E-state index is 12.4. The third kappa shape index (κ3) is 5.21. The minimum atomic E-state index is -0.954. The molecule has 0 heterocycles. The monoisotopic (exact) mass is 331 g/mol. The Morgan fingerprint density at radius 2 is 1.96 bits per heavy atom. The number of aryl methyl sites for hydroxylation is 1. The molecule has 5 heteroatoms. The molecule has 0 bridgehead atoms. The standard InChI is InChI=1S/C18H21NO3S/c1-13-7-6-8-15(11-13)22-17-10-5-4-9-16(17)18(20)19-14(2)12-23(3)21/h4-11,14H,12H2,1-3H3,(H,19,20)/t14-,23-/m0/s1. The van der Waals surface area contributed by atoms with Gasteiger partial charge in [0.15, 0.2) is 0 Å². The molecule has 0 spiro atoms. The smallest absolute Gasteiger partial charge is 0.255 e. The van der Waals surface area contributed by atoms with Crippen LogP contribution < -0.4 is 10.1 Å². The van der Waals surface area contributed by atoms with Crippen LogP contribution in [0.1, 0.15) is 22.8 Å². The fourth-order valence-corrected chi connectivity index (χ4v) is 3.03. The van der Waals surface area contributed by atoms with E-state index in [1.165, 1.54) is 0 Å². The number of amides is 1. The number of ether oxygens (including phenoxy) is 1. The number of hydrogen-bond donors (Lipinski definition) is 1. The summed E-state index contributed by atoms with van der Waals surface area (Å²) in [6, 6.07) is 14.6. The summed E-state index contributed by atoms with van der Waals surface area (Å²) in [6.07, 6.45) is 1.62. The van der Waals surface area contributed by atoms with Crippen LogP contribution in [0, 0.1) is 6.92 Å². The molecule has 0 fully saturated rings. The predicted molar refractivity (Wildman–Crippen MR) is 93.6 cm³/mol.